The zero-order valence-electron chi connectivity index (χ0n) is 15.5. The van der Waals surface area contributed by atoms with E-state index in [0.29, 0.717) is 18.5 Å². The highest BCUT2D eigenvalue weighted by Crippen LogP contribution is 2.28. The maximum absolute atomic E-state index is 13.1. The lowest BCUT2D eigenvalue weighted by molar-refractivity contribution is -0.131. The Balaban J connectivity index is 1.63. The average Bonchev–Trinajstić information content (AvgIpc) is 3.03. The van der Waals surface area contributed by atoms with Gasteiger partial charge in [0.1, 0.15) is 16.6 Å². The molecule has 0 aliphatic rings. The molecule has 0 atom stereocenters. The third-order valence-electron chi connectivity index (χ3n) is 4.01. The summed E-state index contributed by atoms with van der Waals surface area (Å²) in [7, 11) is 0. The molecule has 2 aromatic carbocycles. The number of ether oxygens (including phenoxy) is 1. The number of hydrogen-bond donors (Lipinski definition) is 1. The minimum atomic E-state index is -0.478. The lowest BCUT2D eigenvalue weighted by Crippen LogP contribution is -2.26. The lowest BCUT2D eigenvalue weighted by atomic mass is 10.2. The molecule has 144 valence electrons. The number of esters is 1. The quantitative estimate of drug-likeness (QED) is 0.500. The van der Waals surface area contributed by atoms with E-state index in [-0.39, 0.29) is 17.5 Å². The standard InChI is InChI=1S/C21H19FN2O3S/c1-13-19(28-21(24-13)15-7-9-16(22)10-8-15)11-12-23-20(26)17-5-3-4-6-18(17)27-14(2)25/h3-10H,11-12H2,1-2H3,(H,23,26). The summed E-state index contributed by atoms with van der Waals surface area (Å²) in [4.78, 5) is 29.2. The molecule has 3 rings (SSSR count). The van der Waals surface area contributed by atoms with Crippen molar-refractivity contribution in [1.82, 2.24) is 10.3 Å². The molecule has 1 aromatic heterocycles. The summed E-state index contributed by atoms with van der Waals surface area (Å²) in [5, 5.41) is 3.66. The van der Waals surface area contributed by atoms with Crippen LogP contribution in [-0.2, 0) is 11.2 Å². The maximum atomic E-state index is 13.1. The van der Waals surface area contributed by atoms with Crippen molar-refractivity contribution in [2.75, 3.05) is 6.54 Å². The van der Waals surface area contributed by atoms with Gasteiger partial charge in [0.25, 0.3) is 5.91 Å². The van der Waals surface area contributed by atoms with E-state index in [1.807, 2.05) is 6.92 Å². The predicted octanol–water partition coefficient (Wildman–Crippen LogP) is 4.16. The molecule has 3 aromatic rings. The number of aryl methyl sites for hydroxylation is 1. The van der Waals surface area contributed by atoms with Crippen LogP contribution >= 0.6 is 11.3 Å². The maximum Gasteiger partial charge on any atom is 0.308 e. The molecule has 0 radical (unpaired) electrons. The van der Waals surface area contributed by atoms with Crippen LogP contribution in [0.1, 0.15) is 27.9 Å². The number of amides is 1. The fourth-order valence-corrected chi connectivity index (χ4v) is 3.73. The van der Waals surface area contributed by atoms with Crippen LogP contribution in [0.25, 0.3) is 10.6 Å². The third-order valence-corrected chi connectivity index (χ3v) is 5.27. The molecule has 0 spiro atoms. The van der Waals surface area contributed by atoms with Crippen molar-refractivity contribution in [3.63, 3.8) is 0 Å². The highest BCUT2D eigenvalue weighted by molar-refractivity contribution is 7.15. The Labute approximate surface area is 166 Å². The number of aromatic nitrogens is 1. The fourth-order valence-electron chi connectivity index (χ4n) is 2.66. The Morgan fingerprint density at radius 1 is 1.14 bits per heavy atom. The summed E-state index contributed by atoms with van der Waals surface area (Å²) in [5.41, 5.74) is 2.06. The number of halogens is 1. The molecule has 0 aliphatic carbocycles. The molecule has 0 bridgehead atoms. The first-order valence-electron chi connectivity index (χ1n) is 8.72. The molecule has 1 amide bonds. The second-order valence-corrected chi connectivity index (χ2v) is 7.21. The van der Waals surface area contributed by atoms with Gasteiger partial charge in [0.2, 0.25) is 0 Å². The second-order valence-electron chi connectivity index (χ2n) is 6.13. The van der Waals surface area contributed by atoms with Crippen molar-refractivity contribution < 1.29 is 18.7 Å². The van der Waals surface area contributed by atoms with Gasteiger partial charge in [-0.15, -0.1) is 11.3 Å². The van der Waals surface area contributed by atoms with Gasteiger partial charge in [-0.1, -0.05) is 12.1 Å². The van der Waals surface area contributed by atoms with Gasteiger partial charge in [0, 0.05) is 30.3 Å². The second kappa shape index (κ2) is 8.75. The summed E-state index contributed by atoms with van der Waals surface area (Å²) < 4.78 is 18.2. The molecule has 5 nitrogen and oxygen atoms in total. The van der Waals surface area contributed by atoms with E-state index in [0.717, 1.165) is 21.1 Å². The third kappa shape index (κ3) is 4.80. The number of nitrogens with one attached hydrogen (secondary N) is 1. The molecular formula is C21H19FN2O3S. The Morgan fingerprint density at radius 2 is 1.86 bits per heavy atom. The average molecular weight is 398 g/mol. The number of rotatable bonds is 6. The number of thiazole rings is 1. The molecule has 0 fully saturated rings. The van der Waals surface area contributed by atoms with Crippen molar-refractivity contribution in [2.45, 2.75) is 20.3 Å². The van der Waals surface area contributed by atoms with Crippen molar-refractivity contribution in [3.05, 3.63) is 70.5 Å². The number of carbonyl (C=O) groups excluding carboxylic acids is 2. The van der Waals surface area contributed by atoms with Gasteiger partial charge < -0.3 is 10.1 Å². The normalized spacial score (nSPS) is 10.5. The smallest absolute Gasteiger partial charge is 0.308 e. The Kier molecular flexibility index (Phi) is 6.16. The molecule has 1 heterocycles. The molecule has 7 heteroatoms. The van der Waals surface area contributed by atoms with Crippen molar-refractivity contribution in [3.8, 4) is 16.3 Å². The number of carbonyl (C=O) groups is 2. The van der Waals surface area contributed by atoms with Gasteiger partial charge in [-0.25, -0.2) is 9.37 Å². The Bertz CT molecular complexity index is 999. The largest absolute Gasteiger partial charge is 0.426 e. The van der Waals surface area contributed by atoms with Crippen LogP contribution in [0, 0.1) is 12.7 Å². The Morgan fingerprint density at radius 3 is 2.57 bits per heavy atom. The van der Waals surface area contributed by atoms with E-state index in [4.69, 9.17) is 4.74 Å². The molecule has 0 unspecified atom stereocenters. The van der Waals surface area contributed by atoms with Crippen LogP contribution < -0.4 is 10.1 Å². The number of benzene rings is 2. The van der Waals surface area contributed by atoms with Crippen molar-refractivity contribution >= 4 is 23.2 Å². The number of para-hydroxylation sites is 1. The topological polar surface area (TPSA) is 68.3 Å². The first-order chi connectivity index (χ1) is 13.4. The fraction of sp³-hybridized carbons (Fsp3) is 0.190. The summed E-state index contributed by atoms with van der Waals surface area (Å²) >= 11 is 1.52. The minimum Gasteiger partial charge on any atom is -0.426 e. The molecule has 28 heavy (non-hydrogen) atoms. The van der Waals surface area contributed by atoms with Crippen molar-refractivity contribution in [2.24, 2.45) is 0 Å². The van der Waals surface area contributed by atoms with E-state index < -0.39 is 5.97 Å². The predicted molar refractivity (Wildman–Crippen MR) is 106 cm³/mol. The molecule has 1 N–H and O–H groups in total. The van der Waals surface area contributed by atoms with Crippen LogP contribution in [0.15, 0.2) is 48.5 Å². The zero-order valence-corrected chi connectivity index (χ0v) is 16.3. The summed E-state index contributed by atoms with van der Waals surface area (Å²) in [6.07, 6.45) is 0.617. The van der Waals surface area contributed by atoms with Crippen LogP contribution in [0.4, 0.5) is 4.39 Å². The number of nitrogens with zero attached hydrogens (tertiary/aromatic N) is 1. The summed E-state index contributed by atoms with van der Waals surface area (Å²) in [6.45, 7) is 3.62. The molecular weight excluding hydrogens is 379 g/mol. The summed E-state index contributed by atoms with van der Waals surface area (Å²) in [5.74, 6) is -0.833. The van der Waals surface area contributed by atoms with E-state index in [1.165, 1.54) is 30.4 Å². The van der Waals surface area contributed by atoms with Gasteiger partial charge in [-0.3, -0.25) is 9.59 Å². The van der Waals surface area contributed by atoms with Crippen LogP contribution in [-0.4, -0.2) is 23.4 Å². The van der Waals surface area contributed by atoms with E-state index in [1.54, 1.807) is 36.4 Å². The monoisotopic (exact) mass is 398 g/mol. The highest BCUT2D eigenvalue weighted by atomic mass is 32.1. The van der Waals surface area contributed by atoms with Gasteiger partial charge in [-0.05, 0) is 43.3 Å². The zero-order chi connectivity index (χ0) is 20.1. The van der Waals surface area contributed by atoms with Gasteiger partial charge in [0.05, 0.1) is 11.3 Å². The molecule has 0 saturated heterocycles. The minimum absolute atomic E-state index is 0.236. The first-order valence-corrected chi connectivity index (χ1v) is 9.53. The van der Waals surface area contributed by atoms with E-state index >= 15 is 0 Å². The number of hydrogen-bond acceptors (Lipinski definition) is 5. The van der Waals surface area contributed by atoms with Crippen LogP contribution in [0.5, 0.6) is 5.75 Å². The van der Waals surface area contributed by atoms with Gasteiger partial charge in [-0.2, -0.15) is 0 Å². The van der Waals surface area contributed by atoms with E-state index in [2.05, 4.69) is 10.3 Å². The first kappa shape index (κ1) is 19.7. The molecule has 0 aliphatic heterocycles. The Hall–Kier alpha value is -3.06. The van der Waals surface area contributed by atoms with Crippen molar-refractivity contribution in [1.29, 1.82) is 0 Å². The van der Waals surface area contributed by atoms with Gasteiger partial charge in [0.15, 0.2) is 0 Å². The van der Waals surface area contributed by atoms with Crippen LogP contribution in [0.2, 0.25) is 0 Å². The summed E-state index contributed by atoms with van der Waals surface area (Å²) in [6, 6.07) is 12.8. The van der Waals surface area contributed by atoms with Gasteiger partial charge >= 0.3 is 5.97 Å². The van der Waals surface area contributed by atoms with Crippen LogP contribution in [0.3, 0.4) is 0 Å². The van der Waals surface area contributed by atoms with E-state index in [9.17, 15) is 14.0 Å². The molecule has 0 saturated carbocycles. The highest BCUT2D eigenvalue weighted by Gasteiger charge is 2.14. The lowest BCUT2D eigenvalue weighted by Gasteiger charge is -2.09. The SMILES string of the molecule is CC(=O)Oc1ccccc1C(=O)NCCc1sc(-c2ccc(F)cc2)nc1C.